The molecule has 0 amide bonds. The first-order valence-electron chi connectivity index (χ1n) is 13.4. The van der Waals surface area contributed by atoms with Gasteiger partial charge < -0.3 is 19.1 Å². The average molecular weight is 527 g/mol. The first-order valence-corrected chi connectivity index (χ1v) is 13.4. The topological polar surface area (TPSA) is 100 Å². The number of pyridine rings is 2. The van der Waals surface area contributed by atoms with E-state index in [1.54, 1.807) is 11.8 Å². The Balaban J connectivity index is 1.71. The molecule has 5 heterocycles. The molecule has 1 aromatic carbocycles. The summed E-state index contributed by atoms with van der Waals surface area (Å²) < 4.78 is 15.8. The lowest BCUT2D eigenvalue weighted by molar-refractivity contribution is 0.0544. The Bertz CT molecular complexity index is 1640. The Hall–Kier alpha value is -3.82. The number of hydrogen-bond donors (Lipinski definition) is 1. The molecule has 0 aliphatic carbocycles. The summed E-state index contributed by atoms with van der Waals surface area (Å²) in [7, 11) is 3.59. The first kappa shape index (κ1) is 25.5. The second-order valence-corrected chi connectivity index (χ2v) is 10.9. The lowest BCUT2D eigenvalue weighted by Crippen LogP contribution is -2.28. The molecule has 9 nitrogen and oxygen atoms in total. The normalized spacial score (nSPS) is 15.7. The number of rotatable bonds is 6. The number of methoxy groups -OCH3 is 1. The Morgan fingerprint density at radius 1 is 1.10 bits per heavy atom. The van der Waals surface area contributed by atoms with E-state index in [1.165, 1.54) is 0 Å². The Labute approximate surface area is 227 Å². The van der Waals surface area contributed by atoms with E-state index in [-0.39, 0.29) is 12.0 Å². The number of benzene rings is 1. The van der Waals surface area contributed by atoms with E-state index >= 15 is 0 Å². The van der Waals surface area contributed by atoms with Gasteiger partial charge in [-0.3, -0.25) is 9.97 Å². The van der Waals surface area contributed by atoms with Crippen LogP contribution in [-0.4, -0.2) is 55.0 Å². The van der Waals surface area contributed by atoms with Crippen molar-refractivity contribution in [3.8, 4) is 17.0 Å². The summed E-state index contributed by atoms with van der Waals surface area (Å²) in [6.07, 6.45) is 5.52. The fourth-order valence-corrected chi connectivity index (χ4v) is 5.96. The lowest BCUT2D eigenvalue weighted by Gasteiger charge is -2.33. The molecular formula is C30H34N6O3. The third-order valence-corrected chi connectivity index (χ3v) is 7.91. The third-order valence-electron chi connectivity index (χ3n) is 7.91. The van der Waals surface area contributed by atoms with Crippen LogP contribution in [0.2, 0.25) is 0 Å². The van der Waals surface area contributed by atoms with Crippen molar-refractivity contribution in [2.75, 3.05) is 20.3 Å². The highest BCUT2D eigenvalue weighted by molar-refractivity contribution is 6.07. The smallest absolute Gasteiger partial charge is 0.142 e. The van der Waals surface area contributed by atoms with Crippen LogP contribution in [0.1, 0.15) is 49.7 Å². The highest BCUT2D eigenvalue weighted by Gasteiger charge is 2.33. The minimum Gasteiger partial charge on any atom is -0.495 e. The zero-order valence-electron chi connectivity index (χ0n) is 23.0. The van der Waals surface area contributed by atoms with Crippen LogP contribution in [0.3, 0.4) is 0 Å². The second kappa shape index (κ2) is 9.73. The molecule has 5 aromatic rings. The molecule has 1 N–H and O–H groups in total. The van der Waals surface area contributed by atoms with Gasteiger partial charge in [-0.2, -0.15) is 0 Å². The Morgan fingerprint density at radius 2 is 1.90 bits per heavy atom. The van der Waals surface area contributed by atoms with Crippen LogP contribution in [0.25, 0.3) is 33.2 Å². The zero-order chi connectivity index (χ0) is 27.3. The maximum atomic E-state index is 10.9. The number of hydrogen-bond acceptors (Lipinski definition) is 7. The standard InChI is InChI=1S/C30H34N6O3/c1-18-28(35(4)34-33-18)20-15-24-26(32-17-20)22-9-8-21(30(2,3)37)16-23(22)36(24)29(19-10-13-39-14-11-19)27-25(38-5)7-6-12-31-27/h6-9,12,15-17,19,29,37H,10-11,13-14H2,1-5H3. The van der Waals surface area contributed by atoms with E-state index in [9.17, 15) is 5.11 Å². The van der Waals surface area contributed by atoms with Crippen molar-refractivity contribution in [1.82, 2.24) is 29.5 Å². The van der Waals surface area contributed by atoms with Crippen molar-refractivity contribution in [3.63, 3.8) is 0 Å². The second-order valence-electron chi connectivity index (χ2n) is 10.9. The molecule has 0 saturated carbocycles. The van der Waals surface area contributed by atoms with Crippen molar-refractivity contribution in [3.05, 3.63) is 65.7 Å². The minimum atomic E-state index is -0.998. The summed E-state index contributed by atoms with van der Waals surface area (Å²) in [4.78, 5) is 9.88. The maximum Gasteiger partial charge on any atom is 0.142 e. The van der Waals surface area contributed by atoms with Crippen molar-refractivity contribution < 1.29 is 14.6 Å². The van der Waals surface area contributed by atoms with Gasteiger partial charge in [0.1, 0.15) is 11.4 Å². The molecule has 9 heteroatoms. The van der Waals surface area contributed by atoms with Crippen LogP contribution >= 0.6 is 0 Å². The molecule has 1 fully saturated rings. The van der Waals surface area contributed by atoms with Gasteiger partial charge in [-0.25, -0.2) is 4.68 Å². The van der Waals surface area contributed by atoms with Gasteiger partial charge in [0.15, 0.2) is 0 Å². The van der Waals surface area contributed by atoms with Gasteiger partial charge in [-0.1, -0.05) is 17.3 Å². The van der Waals surface area contributed by atoms with E-state index < -0.39 is 5.60 Å². The summed E-state index contributed by atoms with van der Waals surface area (Å²) in [5, 5.41) is 20.4. The van der Waals surface area contributed by atoms with Gasteiger partial charge in [0, 0.05) is 43.6 Å². The van der Waals surface area contributed by atoms with Crippen molar-refractivity contribution in [1.29, 1.82) is 0 Å². The van der Waals surface area contributed by atoms with E-state index in [0.717, 1.165) is 68.7 Å². The third kappa shape index (κ3) is 4.35. The fraction of sp³-hybridized carbons (Fsp3) is 0.400. The Morgan fingerprint density at radius 3 is 2.59 bits per heavy atom. The molecule has 1 aliphatic rings. The number of aromatic nitrogens is 6. The van der Waals surface area contributed by atoms with Crippen LogP contribution < -0.4 is 4.74 Å². The first-order chi connectivity index (χ1) is 18.8. The van der Waals surface area contributed by atoms with Crippen molar-refractivity contribution in [2.45, 2.75) is 45.3 Å². The zero-order valence-corrected chi connectivity index (χ0v) is 23.0. The Kier molecular flexibility index (Phi) is 6.35. The molecule has 202 valence electrons. The number of aliphatic hydroxyl groups is 1. The van der Waals surface area contributed by atoms with Crippen LogP contribution in [-0.2, 0) is 17.4 Å². The largest absolute Gasteiger partial charge is 0.495 e. The molecule has 0 bridgehead atoms. The SMILES string of the molecule is COc1cccnc1C(C1CCOCC1)n1c2cc(C(C)(C)O)ccc2c2ncc(-c3c(C)nnn3C)cc21. The molecular weight excluding hydrogens is 492 g/mol. The lowest BCUT2D eigenvalue weighted by atomic mass is 9.88. The fourth-order valence-electron chi connectivity index (χ4n) is 5.96. The number of ether oxygens (including phenoxy) is 2. The average Bonchev–Trinajstić information content (AvgIpc) is 3.44. The molecule has 1 unspecified atom stereocenters. The molecule has 0 radical (unpaired) electrons. The van der Waals surface area contributed by atoms with E-state index in [4.69, 9.17) is 19.4 Å². The maximum absolute atomic E-state index is 10.9. The van der Waals surface area contributed by atoms with Gasteiger partial charge in [-0.15, -0.1) is 5.10 Å². The highest BCUT2D eigenvalue weighted by atomic mass is 16.5. The summed E-state index contributed by atoms with van der Waals surface area (Å²) in [5.74, 6) is 1.01. The minimum absolute atomic E-state index is 0.134. The molecule has 0 spiro atoms. The van der Waals surface area contributed by atoms with E-state index in [0.29, 0.717) is 13.2 Å². The quantitative estimate of drug-likeness (QED) is 0.334. The summed E-state index contributed by atoms with van der Waals surface area (Å²) in [5.41, 5.74) is 6.32. The molecule has 4 aromatic heterocycles. The molecule has 1 aliphatic heterocycles. The summed E-state index contributed by atoms with van der Waals surface area (Å²) in [6.45, 7) is 6.99. The van der Waals surface area contributed by atoms with Gasteiger partial charge >= 0.3 is 0 Å². The monoisotopic (exact) mass is 526 g/mol. The van der Waals surface area contributed by atoms with E-state index in [1.807, 2.05) is 58.4 Å². The number of aryl methyl sites for hydroxylation is 2. The molecule has 1 saturated heterocycles. The summed E-state index contributed by atoms with van der Waals surface area (Å²) in [6, 6.07) is 12.1. The van der Waals surface area contributed by atoms with Crippen LogP contribution in [0.4, 0.5) is 0 Å². The van der Waals surface area contributed by atoms with E-state index in [2.05, 4.69) is 33.1 Å². The highest BCUT2D eigenvalue weighted by Crippen LogP contribution is 2.43. The van der Waals surface area contributed by atoms with Gasteiger partial charge in [-0.05, 0) is 69.4 Å². The van der Waals surface area contributed by atoms with Gasteiger partial charge in [0.25, 0.3) is 0 Å². The predicted octanol–water partition coefficient (Wildman–Crippen LogP) is 4.94. The number of fused-ring (bicyclic) bond motifs is 3. The van der Waals surface area contributed by atoms with Gasteiger partial charge in [0.2, 0.25) is 0 Å². The molecule has 1 atom stereocenters. The van der Waals surface area contributed by atoms with Crippen LogP contribution in [0.5, 0.6) is 5.75 Å². The number of nitrogens with zero attached hydrogens (tertiary/aromatic N) is 6. The molecule has 6 rings (SSSR count). The molecule has 39 heavy (non-hydrogen) atoms. The van der Waals surface area contributed by atoms with Crippen molar-refractivity contribution >= 4 is 21.9 Å². The van der Waals surface area contributed by atoms with Crippen LogP contribution in [0, 0.1) is 12.8 Å². The summed E-state index contributed by atoms with van der Waals surface area (Å²) >= 11 is 0. The predicted molar refractivity (Wildman–Crippen MR) is 150 cm³/mol. The van der Waals surface area contributed by atoms with Gasteiger partial charge in [0.05, 0.1) is 46.7 Å². The van der Waals surface area contributed by atoms with Crippen molar-refractivity contribution in [2.24, 2.45) is 13.0 Å². The van der Waals surface area contributed by atoms with Crippen LogP contribution in [0.15, 0.2) is 48.8 Å².